The summed E-state index contributed by atoms with van der Waals surface area (Å²) < 4.78 is 5.70. The van der Waals surface area contributed by atoms with Gasteiger partial charge in [0.25, 0.3) is 0 Å². The first-order valence-electron chi connectivity index (χ1n) is 19.2. The molecule has 2 aliphatic carbocycles. The van der Waals surface area contributed by atoms with E-state index in [2.05, 4.69) is 15.6 Å². The van der Waals surface area contributed by atoms with Gasteiger partial charge in [-0.05, 0) is 57.4 Å². The quantitative estimate of drug-likeness (QED) is 0.207. The predicted molar refractivity (Wildman–Crippen MR) is 200 cm³/mol. The predicted octanol–water partition coefficient (Wildman–Crippen LogP) is 5.82. The average molecular weight is 732 g/mol. The minimum absolute atomic E-state index is 0.0757. The number of ether oxygens (including phenoxy) is 1. The van der Waals surface area contributed by atoms with Crippen LogP contribution in [0.5, 0.6) is 0 Å². The largest absolute Gasteiger partial charge is 0.479 e. The van der Waals surface area contributed by atoms with Gasteiger partial charge in [0.2, 0.25) is 11.8 Å². The van der Waals surface area contributed by atoms with E-state index in [0.29, 0.717) is 24.2 Å². The van der Waals surface area contributed by atoms with Crippen LogP contribution < -0.4 is 10.6 Å². The second-order valence-corrected chi connectivity index (χ2v) is 15.0. The van der Waals surface area contributed by atoms with E-state index in [0.717, 1.165) is 67.0 Å². The topological polar surface area (TPSA) is 169 Å². The summed E-state index contributed by atoms with van der Waals surface area (Å²) in [6.07, 6.45) is 12.2. The molecule has 0 spiro atoms. The van der Waals surface area contributed by atoms with Crippen LogP contribution in [0.15, 0.2) is 79.0 Å². The second kappa shape index (κ2) is 15.0. The number of carboxylic acids is 1. The summed E-state index contributed by atoms with van der Waals surface area (Å²) in [4.78, 5) is 62.4. The van der Waals surface area contributed by atoms with Crippen molar-refractivity contribution in [3.63, 3.8) is 0 Å². The number of carbonyl (C=O) groups excluding carboxylic acids is 3. The van der Waals surface area contributed by atoms with Crippen LogP contribution in [0.1, 0.15) is 76.7 Å². The number of nitrogens with one attached hydrogen (secondary N) is 2. The smallest absolute Gasteiger partial charge is 0.408 e. The number of fused-ring (bicyclic) bond motifs is 3. The molecule has 2 aliphatic heterocycles. The molecule has 280 valence electrons. The van der Waals surface area contributed by atoms with Crippen LogP contribution in [-0.4, -0.2) is 84.1 Å². The number of carbonyl (C=O) groups is 4. The van der Waals surface area contributed by atoms with E-state index in [-0.39, 0.29) is 31.4 Å². The van der Waals surface area contributed by atoms with E-state index in [4.69, 9.17) is 14.9 Å². The number of aromatic nitrogens is 4. The van der Waals surface area contributed by atoms with E-state index < -0.39 is 47.5 Å². The van der Waals surface area contributed by atoms with Gasteiger partial charge in [0.15, 0.2) is 0 Å². The fourth-order valence-corrected chi connectivity index (χ4v) is 8.33. The second-order valence-electron chi connectivity index (χ2n) is 15.0. The Hall–Kier alpha value is -5.59. The van der Waals surface area contributed by atoms with Gasteiger partial charge in [-0.1, -0.05) is 79.6 Å². The number of alkyl carbamates (subject to hydrolysis) is 1. The van der Waals surface area contributed by atoms with Gasteiger partial charge >= 0.3 is 12.1 Å². The highest BCUT2D eigenvalue weighted by molar-refractivity contribution is 5.97. The standard InChI is InChI=1S/C41H45N7O6/c49-37-33-23-29(48-45-35(27-13-5-4-6-14-27)36(46-48)31-20-11-15-26-16-12-22-42-34(26)31)25-47(33)38(50)32(43-40(53)54-30-18-9-10-19-30)21-8-3-1-2-7-17-28-24-41(28,44-37)39(51)52/h4-7,11-17,20,22,28-30,32-33H,1-3,8-10,18-19,21,23-25H2,(H,43,53)(H,44,49)(H,51,52)/t28-,29-,32+,33+,41-/m1/s1. The number of pyridine rings is 1. The van der Waals surface area contributed by atoms with Gasteiger partial charge in [-0.2, -0.15) is 15.0 Å². The van der Waals surface area contributed by atoms with Gasteiger partial charge in [0, 0.05) is 41.6 Å². The minimum atomic E-state index is -1.44. The first-order chi connectivity index (χ1) is 26.3. The highest BCUT2D eigenvalue weighted by Crippen LogP contribution is 2.46. The monoisotopic (exact) mass is 731 g/mol. The molecule has 3 N–H and O–H groups in total. The van der Waals surface area contributed by atoms with Crippen molar-refractivity contribution in [1.82, 2.24) is 35.5 Å². The molecule has 0 unspecified atom stereocenters. The molecule has 8 rings (SSSR count). The number of rotatable bonds is 6. The highest BCUT2D eigenvalue weighted by Gasteiger charge is 2.61. The lowest BCUT2D eigenvalue weighted by Crippen LogP contribution is -2.56. The fourth-order valence-electron chi connectivity index (χ4n) is 8.33. The number of para-hydroxylation sites is 1. The third kappa shape index (κ3) is 7.06. The lowest BCUT2D eigenvalue weighted by atomic mass is 10.0. The van der Waals surface area contributed by atoms with Crippen molar-refractivity contribution in [3.8, 4) is 22.5 Å². The number of benzene rings is 2. The maximum Gasteiger partial charge on any atom is 0.408 e. The van der Waals surface area contributed by atoms with E-state index in [1.165, 1.54) is 4.90 Å². The molecular formula is C41H45N7O6. The minimum Gasteiger partial charge on any atom is -0.479 e. The Balaban J connectivity index is 1.15. The highest BCUT2D eigenvalue weighted by atomic mass is 16.6. The van der Waals surface area contributed by atoms with Crippen molar-refractivity contribution in [3.05, 3.63) is 79.0 Å². The third-order valence-corrected chi connectivity index (χ3v) is 11.4. The van der Waals surface area contributed by atoms with Crippen LogP contribution in [0.3, 0.4) is 0 Å². The first kappa shape index (κ1) is 35.4. The summed E-state index contributed by atoms with van der Waals surface area (Å²) >= 11 is 0. The molecule has 0 radical (unpaired) electrons. The van der Waals surface area contributed by atoms with Crippen LogP contribution in [0.2, 0.25) is 0 Å². The molecule has 4 aliphatic rings. The van der Waals surface area contributed by atoms with E-state index >= 15 is 0 Å². The molecule has 2 aromatic carbocycles. The molecule has 4 heterocycles. The normalized spacial score (nSPS) is 26.3. The van der Waals surface area contributed by atoms with E-state index in [1.54, 1.807) is 11.0 Å². The number of nitrogens with zero attached hydrogens (tertiary/aromatic N) is 5. The SMILES string of the molecule is O=C(N[C@H]1CCCCCC=C[C@@H]2C[C@@]2(C(=O)O)NC(=O)[C@@H]2C[C@@H](n3nc(-c4ccccc4)c(-c4cccc5cccnc45)n3)CN2C1=O)OC1CCCC1. The van der Waals surface area contributed by atoms with Crippen LogP contribution in [0, 0.1) is 5.92 Å². The van der Waals surface area contributed by atoms with Crippen molar-refractivity contribution in [2.45, 2.75) is 100 Å². The van der Waals surface area contributed by atoms with Gasteiger partial charge in [0.1, 0.15) is 35.1 Å². The van der Waals surface area contributed by atoms with Crippen molar-refractivity contribution >= 4 is 34.8 Å². The summed E-state index contributed by atoms with van der Waals surface area (Å²) in [5.74, 6) is -2.42. The summed E-state index contributed by atoms with van der Waals surface area (Å²) in [7, 11) is 0. The fraction of sp³-hybridized carbons (Fsp3) is 0.439. The molecule has 2 saturated carbocycles. The van der Waals surface area contributed by atoms with Crippen molar-refractivity contribution in [2.75, 3.05) is 6.54 Å². The molecule has 2 aromatic heterocycles. The van der Waals surface area contributed by atoms with Crippen molar-refractivity contribution < 1.29 is 29.0 Å². The molecule has 4 aromatic rings. The van der Waals surface area contributed by atoms with Gasteiger partial charge in [-0.15, -0.1) is 0 Å². The van der Waals surface area contributed by atoms with Crippen molar-refractivity contribution in [1.29, 1.82) is 0 Å². The Morgan fingerprint density at radius 1 is 0.907 bits per heavy atom. The van der Waals surface area contributed by atoms with E-state index in [1.807, 2.05) is 72.8 Å². The molecule has 13 nitrogen and oxygen atoms in total. The number of amides is 3. The zero-order chi connectivity index (χ0) is 37.2. The molecule has 3 amide bonds. The zero-order valence-electron chi connectivity index (χ0n) is 30.1. The summed E-state index contributed by atoms with van der Waals surface area (Å²) in [5, 5.41) is 27.0. The Bertz CT molecular complexity index is 2070. The molecule has 3 fully saturated rings. The Labute approximate surface area is 313 Å². The van der Waals surface area contributed by atoms with Crippen LogP contribution >= 0.6 is 0 Å². The number of hydrogen-bond donors (Lipinski definition) is 3. The zero-order valence-corrected chi connectivity index (χ0v) is 30.1. The van der Waals surface area contributed by atoms with Crippen LogP contribution in [0.25, 0.3) is 33.4 Å². The molecule has 5 atom stereocenters. The van der Waals surface area contributed by atoms with E-state index in [9.17, 15) is 24.3 Å². The summed E-state index contributed by atoms with van der Waals surface area (Å²) in [6.45, 7) is 0.0757. The summed E-state index contributed by atoms with van der Waals surface area (Å²) in [6, 6.07) is 17.0. The van der Waals surface area contributed by atoms with Crippen molar-refractivity contribution in [2.24, 2.45) is 5.92 Å². The van der Waals surface area contributed by atoms with Gasteiger partial charge < -0.3 is 25.4 Å². The number of aliphatic carboxylic acids is 1. The molecule has 13 heteroatoms. The number of hydrogen-bond acceptors (Lipinski definition) is 8. The number of allylic oxidation sites excluding steroid dienone is 1. The molecule has 1 saturated heterocycles. The van der Waals surface area contributed by atoms with Gasteiger partial charge in [0.05, 0.1) is 11.6 Å². The number of carboxylic acid groups (broad SMARTS) is 1. The van der Waals surface area contributed by atoms with Gasteiger partial charge in [-0.25, -0.2) is 9.59 Å². The molecule has 54 heavy (non-hydrogen) atoms. The lowest BCUT2D eigenvalue weighted by molar-refractivity contribution is -0.145. The molecule has 0 bridgehead atoms. The Morgan fingerprint density at radius 2 is 1.69 bits per heavy atom. The Kier molecular flexibility index (Phi) is 9.87. The average Bonchev–Trinajstić information content (AvgIpc) is 3.61. The van der Waals surface area contributed by atoms with Crippen LogP contribution in [0.4, 0.5) is 4.79 Å². The summed E-state index contributed by atoms with van der Waals surface area (Å²) in [5.41, 5.74) is 2.19. The van der Waals surface area contributed by atoms with Crippen LogP contribution in [-0.2, 0) is 19.1 Å². The van der Waals surface area contributed by atoms with Gasteiger partial charge in [-0.3, -0.25) is 14.6 Å². The first-order valence-corrected chi connectivity index (χ1v) is 19.2. The lowest BCUT2D eigenvalue weighted by Gasteiger charge is -2.29. The molecular weight excluding hydrogens is 686 g/mol. The Morgan fingerprint density at radius 3 is 2.50 bits per heavy atom. The maximum absolute atomic E-state index is 14.6. The third-order valence-electron chi connectivity index (χ3n) is 11.4. The maximum atomic E-state index is 14.6.